The number of aliphatic hydroxyl groups excluding tert-OH is 1. The van der Waals surface area contributed by atoms with Gasteiger partial charge in [-0.15, -0.1) is 0 Å². The number of fused-ring (bicyclic) bond motifs is 3. The second-order valence-corrected chi connectivity index (χ2v) is 11.4. The maximum absolute atomic E-state index is 13.0. The molecule has 1 aromatic heterocycles. The van der Waals surface area contributed by atoms with Gasteiger partial charge < -0.3 is 24.6 Å². The first-order chi connectivity index (χ1) is 18.8. The van der Waals surface area contributed by atoms with Crippen molar-refractivity contribution >= 4 is 0 Å². The Morgan fingerprint density at radius 2 is 1.90 bits per heavy atom. The second kappa shape index (κ2) is 9.20. The molecule has 1 unspecified atom stereocenters. The number of hydrogen-bond donors (Lipinski definition) is 2. The highest BCUT2D eigenvalue weighted by molar-refractivity contribution is 5.59. The number of ether oxygens (including phenoxy) is 2. The molecule has 8 heteroatoms. The molecule has 6 atom stereocenters. The third-order valence-corrected chi connectivity index (χ3v) is 9.28. The third-order valence-electron chi connectivity index (χ3n) is 9.28. The zero-order chi connectivity index (χ0) is 27.4. The van der Waals surface area contributed by atoms with E-state index in [2.05, 4.69) is 35.0 Å². The molecule has 2 aromatic rings. The molecule has 0 radical (unpaired) electrons. The molecule has 3 heterocycles. The number of likely N-dealkylation sites (tertiary alicyclic amines) is 1. The van der Waals surface area contributed by atoms with Crippen LogP contribution in [-0.2, 0) is 11.2 Å². The summed E-state index contributed by atoms with van der Waals surface area (Å²) < 4.78 is 12.5. The molecule has 0 spiro atoms. The summed E-state index contributed by atoms with van der Waals surface area (Å²) >= 11 is 0. The lowest BCUT2D eigenvalue weighted by Crippen LogP contribution is -2.55. The van der Waals surface area contributed by atoms with E-state index in [0.717, 1.165) is 25.9 Å². The van der Waals surface area contributed by atoms with Gasteiger partial charge in [-0.3, -0.25) is 0 Å². The lowest BCUT2D eigenvalue weighted by atomic mass is 9.60. The Morgan fingerprint density at radius 3 is 2.51 bits per heavy atom. The fourth-order valence-corrected chi connectivity index (χ4v) is 7.68. The topological polar surface area (TPSA) is 123 Å². The van der Waals surface area contributed by atoms with Crippen LogP contribution in [-0.4, -0.2) is 52.9 Å². The predicted octanol–water partition coefficient (Wildman–Crippen LogP) is 3.53. The number of rotatable bonds is 5. The Morgan fingerprint density at radius 1 is 1.15 bits per heavy atom. The van der Waals surface area contributed by atoms with Crippen LogP contribution in [0.3, 0.4) is 0 Å². The molecular weight excluding hydrogens is 492 g/mol. The number of allylic oxidation sites excluding steroid dienone is 4. The molecule has 0 bridgehead atoms. The lowest BCUT2D eigenvalue weighted by molar-refractivity contribution is -0.166. The first-order valence-electron chi connectivity index (χ1n) is 13.5. The van der Waals surface area contributed by atoms with E-state index in [1.165, 1.54) is 13.2 Å². The fraction of sp³-hybridized carbons (Fsp3) is 0.452. The lowest BCUT2D eigenvalue weighted by Gasteiger charge is -2.48. The van der Waals surface area contributed by atoms with E-state index < -0.39 is 22.7 Å². The zero-order valence-electron chi connectivity index (χ0n) is 22.2. The van der Waals surface area contributed by atoms with E-state index in [0.29, 0.717) is 24.1 Å². The fourth-order valence-electron chi connectivity index (χ4n) is 7.68. The number of nitriles is 2. The van der Waals surface area contributed by atoms with Crippen molar-refractivity contribution in [2.45, 2.75) is 43.5 Å². The Bertz CT molecular complexity index is 1430. The summed E-state index contributed by atoms with van der Waals surface area (Å²) in [5.41, 5.74) is -2.38. The molecule has 1 saturated heterocycles. The summed E-state index contributed by atoms with van der Waals surface area (Å²) in [6.45, 7) is 4.64. The molecule has 1 aromatic carbocycles. The predicted molar refractivity (Wildman–Crippen MR) is 143 cm³/mol. The van der Waals surface area contributed by atoms with Gasteiger partial charge in [0.25, 0.3) is 0 Å². The molecule has 0 amide bonds. The molecule has 1 saturated carbocycles. The maximum atomic E-state index is 13.0. The highest BCUT2D eigenvalue weighted by Crippen LogP contribution is 2.71. The number of pyridine rings is 1. The van der Waals surface area contributed by atoms with Crippen molar-refractivity contribution in [1.29, 1.82) is 10.5 Å². The number of aromatic nitrogens is 1. The SMILES string of the molecule is COc1nc(C#N)cc2c1[C@]1(O)[C@H](O)[C@H](CN3CCCC3)[C@@H](C3(C)C=CC=CC3)[C@]1(c1ccc(C#N)cc1)O2. The molecule has 2 N–H and O–H groups in total. The van der Waals surface area contributed by atoms with E-state index in [9.17, 15) is 20.7 Å². The van der Waals surface area contributed by atoms with Gasteiger partial charge in [0.05, 0.1) is 30.4 Å². The molecule has 2 aliphatic carbocycles. The van der Waals surface area contributed by atoms with Gasteiger partial charge in [-0.25, -0.2) is 4.98 Å². The van der Waals surface area contributed by atoms with Crippen molar-refractivity contribution in [3.8, 4) is 23.8 Å². The Labute approximate surface area is 228 Å². The molecule has 2 fully saturated rings. The average Bonchev–Trinajstić information content (AvgIpc) is 3.61. The highest BCUT2D eigenvalue weighted by atomic mass is 16.5. The van der Waals surface area contributed by atoms with Crippen LogP contribution in [0.4, 0.5) is 0 Å². The summed E-state index contributed by atoms with van der Waals surface area (Å²) in [5.74, 6) is -0.417. The highest BCUT2D eigenvalue weighted by Gasteiger charge is 2.78. The molecular formula is C31H32N4O4. The van der Waals surface area contributed by atoms with Crippen molar-refractivity contribution < 1.29 is 19.7 Å². The van der Waals surface area contributed by atoms with Crippen molar-refractivity contribution in [2.24, 2.45) is 17.3 Å². The van der Waals surface area contributed by atoms with Crippen LogP contribution >= 0.6 is 0 Å². The van der Waals surface area contributed by atoms with E-state index in [1.807, 2.05) is 30.4 Å². The number of nitrogens with zero attached hydrogens (tertiary/aromatic N) is 4. The van der Waals surface area contributed by atoms with Crippen molar-refractivity contribution in [3.05, 3.63) is 77.0 Å². The van der Waals surface area contributed by atoms with Crippen LogP contribution in [0.1, 0.15) is 48.6 Å². The van der Waals surface area contributed by atoms with Gasteiger partial charge in [0.2, 0.25) is 5.88 Å². The smallest absolute Gasteiger partial charge is 0.224 e. The molecule has 6 rings (SSSR count). The minimum atomic E-state index is -1.93. The number of benzene rings is 1. The largest absolute Gasteiger partial charge is 0.481 e. The second-order valence-electron chi connectivity index (χ2n) is 11.4. The van der Waals surface area contributed by atoms with Crippen molar-refractivity contribution in [2.75, 3.05) is 26.7 Å². The molecule has 39 heavy (non-hydrogen) atoms. The van der Waals surface area contributed by atoms with Crippen LogP contribution in [0, 0.1) is 39.9 Å². The molecule has 8 nitrogen and oxygen atoms in total. The zero-order valence-corrected chi connectivity index (χ0v) is 22.2. The van der Waals surface area contributed by atoms with Gasteiger partial charge in [-0.2, -0.15) is 10.5 Å². The van der Waals surface area contributed by atoms with E-state index in [-0.39, 0.29) is 34.7 Å². The van der Waals surface area contributed by atoms with Crippen molar-refractivity contribution in [1.82, 2.24) is 9.88 Å². The standard InChI is InChI=1S/C31H32N4O4/c1-29(12-4-3-5-13-29)26-23(19-35-14-6-7-15-35)27(36)30(37)25-24(16-22(18-33)34-28(25)38-2)39-31(26,30)21-10-8-20(17-32)9-11-21/h3-5,8-12,16,23,26-27,36-37H,6-7,13-15,19H2,1-2H3/t23-,26+,27-,29?,30+,31+/m1/s1. The summed E-state index contributed by atoms with van der Waals surface area (Å²) in [6.07, 6.45) is 9.98. The Kier molecular flexibility index (Phi) is 6.04. The maximum Gasteiger partial charge on any atom is 0.224 e. The summed E-state index contributed by atoms with van der Waals surface area (Å²) in [4.78, 5) is 6.70. The monoisotopic (exact) mass is 524 g/mol. The summed E-state index contributed by atoms with van der Waals surface area (Å²) in [6, 6.07) is 12.8. The molecule has 200 valence electrons. The Hall–Kier alpha value is -3.69. The van der Waals surface area contributed by atoms with Gasteiger partial charge in [0.1, 0.15) is 17.5 Å². The van der Waals surface area contributed by atoms with E-state index >= 15 is 0 Å². The van der Waals surface area contributed by atoms with Crippen LogP contribution in [0.25, 0.3) is 0 Å². The first kappa shape index (κ1) is 25.6. The average molecular weight is 525 g/mol. The minimum Gasteiger partial charge on any atom is -0.481 e. The van der Waals surface area contributed by atoms with Crippen LogP contribution in [0.5, 0.6) is 11.6 Å². The number of hydrogen-bond acceptors (Lipinski definition) is 8. The summed E-state index contributed by atoms with van der Waals surface area (Å²) in [7, 11) is 1.44. The Balaban J connectivity index is 1.65. The molecule has 4 aliphatic rings. The summed E-state index contributed by atoms with van der Waals surface area (Å²) in [5, 5.41) is 44.5. The van der Waals surface area contributed by atoms with E-state index in [1.54, 1.807) is 12.1 Å². The van der Waals surface area contributed by atoms with Crippen molar-refractivity contribution in [3.63, 3.8) is 0 Å². The normalized spacial score (nSPS) is 34.7. The third kappa shape index (κ3) is 3.49. The number of aliphatic hydroxyl groups is 2. The van der Waals surface area contributed by atoms with Gasteiger partial charge in [-0.1, -0.05) is 43.4 Å². The van der Waals surface area contributed by atoms with Gasteiger partial charge in [0, 0.05) is 24.4 Å². The van der Waals surface area contributed by atoms with Gasteiger partial charge in [0.15, 0.2) is 11.2 Å². The minimum absolute atomic E-state index is 0.0610. The van der Waals surface area contributed by atoms with Crippen LogP contribution < -0.4 is 9.47 Å². The molecule has 2 aliphatic heterocycles. The van der Waals surface area contributed by atoms with Gasteiger partial charge in [-0.05, 0) is 55.5 Å². The van der Waals surface area contributed by atoms with E-state index in [4.69, 9.17) is 9.47 Å². The van der Waals surface area contributed by atoms with Gasteiger partial charge >= 0.3 is 0 Å². The van der Waals surface area contributed by atoms with Crippen LogP contribution in [0.15, 0.2) is 54.6 Å². The van der Waals surface area contributed by atoms with Crippen LogP contribution in [0.2, 0.25) is 0 Å². The first-order valence-corrected chi connectivity index (χ1v) is 13.5. The quantitative estimate of drug-likeness (QED) is 0.609. The number of methoxy groups -OCH3 is 1.